The van der Waals surface area contributed by atoms with Crippen LogP contribution in [0.5, 0.6) is 0 Å². The number of nitrogens with one attached hydrogen (secondary N) is 2. The van der Waals surface area contributed by atoms with Crippen LogP contribution in [0.1, 0.15) is 38.8 Å². The molecule has 1 aromatic rings. The third-order valence-corrected chi connectivity index (χ3v) is 2.69. The molecule has 0 aliphatic carbocycles. The normalized spacial score (nSPS) is 12.8. The monoisotopic (exact) mass is 278 g/mol. The molecule has 1 amide bonds. The zero-order valence-corrected chi connectivity index (χ0v) is 12.1. The number of carbonyl (C=O) groups is 2. The van der Waals surface area contributed by atoms with Crippen LogP contribution in [0.15, 0.2) is 30.3 Å². The van der Waals surface area contributed by atoms with Crippen molar-refractivity contribution < 1.29 is 14.7 Å². The molecule has 5 heteroatoms. The highest BCUT2D eigenvalue weighted by molar-refractivity contribution is 5.84. The summed E-state index contributed by atoms with van der Waals surface area (Å²) in [5.74, 6) is -1.34. The third kappa shape index (κ3) is 5.84. The second-order valence-electron chi connectivity index (χ2n) is 5.68. The van der Waals surface area contributed by atoms with Crippen molar-refractivity contribution in [1.29, 1.82) is 0 Å². The van der Waals surface area contributed by atoms with Crippen molar-refractivity contribution >= 4 is 11.9 Å². The molecule has 3 N–H and O–H groups in total. The van der Waals surface area contributed by atoms with E-state index < -0.39 is 12.0 Å². The highest BCUT2D eigenvalue weighted by Gasteiger charge is 2.21. The van der Waals surface area contributed by atoms with Crippen LogP contribution in [0, 0.1) is 0 Å². The van der Waals surface area contributed by atoms with Crippen LogP contribution in [-0.4, -0.2) is 29.1 Å². The van der Waals surface area contributed by atoms with Gasteiger partial charge in [0.2, 0.25) is 5.91 Å². The number of benzene rings is 1. The van der Waals surface area contributed by atoms with Gasteiger partial charge in [0, 0.05) is 18.5 Å². The fraction of sp³-hybridized carbons (Fsp3) is 0.467. The molecule has 1 rings (SSSR count). The second kappa shape index (κ2) is 7.05. The lowest BCUT2D eigenvalue weighted by atomic mass is 10.1. The number of hydrogen-bond acceptors (Lipinski definition) is 3. The summed E-state index contributed by atoms with van der Waals surface area (Å²) in [6.45, 7) is 6.54. The van der Waals surface area contributed by atoms with Gasteiger partial charge >= 0.3 is 5.97 Å². The molecule has 0 heterocycles. The summed E-state index contributed by atoms with van der Waals surface area (Å²) in [5.41, 5.74) is 0.503. The van der Waals surface area contributed by atoms with Gasteiger partial charge in [-0.3, -0.25) is 4.79 Å². The number of aliphatic carboxylic acids is 1. The van der Waals surface area contributed by atoms with E-state index in [-0.39, 0.29) is 17.9 Å². The Bertz CT molecular complexity index is 452. The quantitative estimate of drug-likeness (QED) is 0.740. The lowest BCUT2D eigenvalue weighted by Gasteiger charge is -2.21. The number of rotatable bonds is 6. The summed E-state index contributed by atoms with van der Waals surface area (Å²) in [6.07, 6.45) is 0.244. The van der Waals surface area contributed by atoms with Gasteiger partial charge in [0.15, 0.2) is 6.04 Å². The van der Waals surface area contributed by atoms with Crippen molar-refractivity contribution in [3.05, 3.63) is 35.9 Å². The predicted molar refractivity (Wildman–Crippen MR) is 77.3 cm³/mol. The SMILES string of the molecule is CC(C)(C)NCCC(=O)NC(C(=O)O)c1ccccc1. The Morgan fingerprint density at radius 1 is 1.20 bits per heavy atom. The maximum absolute atomic E-state index is 11.8. The van der Waals surface area contributed by atoms with Gasteiger partial charge in [-0.05, 0) is 26.3 Å². The number of carboxylic acid groups (broad SMARTS) is 1. The van der Waals surface area contributed by atoms with Gasteiger partial charge in [-0.25, -0.2) is 4.79 Å². The fourth-order valence-electron chi connectivity index (χ4n) is 1.72. The van der Waals surface area contributed by atoms with Crippen LogP contribution in [0.3, 0.4) is 0 Å². The van der Waals surface area contributed by atoms with Gasteiger partial charge < -0.3 is 15.7 Å². The Morgan fingerprint density at radius 2 is 1.80 bits per heavy atom. The van der Waals surface area contributed by atoms with Crippen LogP contribution >= 0.6 is 0 Å². The van der Waals surface area contributed by atoms with Gasteiger partial charge in [0.05, 0.1) is 0 Å². The fourth-order valence-corrected chi connectivity index (χ4v) is 1.72. The van der Waals surface area contributed by atoms with Crippen molar-refractivity contribution in [2.45, 2.75) is 38.8 Å². The van der Waals surface area contributed by atoms with E-state index in [1.807, 2.05) is 20.8 Å². The standard InChI is InChI=1S/C15H22N2O3/c1-15(2,3)16-10-9-12(18)17-13(14(19)20)11-7-5-4-6-8-11/h4-8,13,16H,9-10H2,1-3H3,(H,17,18)(H,19,20). The first-order chi connectivity index (χ1) is 9.29. The molecule has 0 bridgehead atoms. The van der Waals surface area contributed by atoms with Crippen LogP contribution in [0.25, 0.3) is 0 Å². The summed E-state index contributed by atoms with van der Waals surface area (Å²) in [4.78, 5) is 23.0. The van der Waals surface area contributed by atoms with Crippen molar-refractivity contribution in [1.82, 2.24) is 10.6 Å². The van der Waals surface area contributed by atoms with Gasteiger partial charge in [-0.15, -0.1) is 0 Å². The first kappa shape index (κ1) is 16.2. The number of amides is 1. The molecule has 0 fully saturated rings. The first-order valence-electron chi connectivity index (χ1n) is 6.62. The zero-order chi connectivity index (χ0) is 15.2. The summed E-state index contributed by atoms with van der Waals surface area (Å²) >= 11 is 0. The number of hydrogen-bond donors (Lipinski definition) is 3. The van der Waals surface area contributed by atoms with E-state index >= 15 is 0 Å². The molecule has 1 aromatic carbocycles. The van der Waals surface area contributed by atoms with E-state index in [1.54, 1.807) is 30.3 Å². The molecule has 110 valence electrons. The Labute approximate surface area is 119 Å². The van der Waals surface area contributed by atoms with E-state index in [9.17, 15) is 14.7 Å². The molecule has 0 saturated heterocycles. The topological polar surface area (TPSA) is 78.4 Å². The molecule has 0 aliphatic rings. The minimum absolute atomic E-state index is 0.0636. The van der Waals surface area contributed by atoms with E-state index in [1.165, 1.54) is 0 Å². The third-order valence-electron chi connectivity index (χ3n) is 2.69. The second-order valence-corrected chi connectivity index (χ2v) is 5.68. The summed E-state index contributed by atoms with van der Waals surface area (Å²) < 4.78 is 0. The van der Waals surface area contributed by atoms with E-state index in [2.05, 4.69) is 10.6 Å². The molecule has 0 spiro atoms. The summed E-state index contributed by atoms with van der Waals surface area (Å²) in [5, 5.41) is 14.9. The van der Waals surface area contributed by atoms with E-state index in [4.69, 9.17) is 0 Å². The van der Waals surface area contributed by atoms with Crippen LogP contribution < -0.4 is 10.6 Å². The summed E-state index contributed by atoms with van der Waals surface area (Å²) in [6, 6.07) is 7.67. The van der Waals surface area contributed by atoms with E-state index in [0.717, 1.165) is 0 Å². The Hall–Kier alpha value is -1.88. The Kier molecular flexibility index (Phi) is 5.70. The van der Waals surface area contributed by atoms with Gasteiger partial charge in [-0.2, -0.15) is 0 Å². The lowest BCUT2D eigenvalue weighted by molar-refractivity contribution is -0.142. The molecule has 0 aromatic heterocycles. The molecule has 1 unspecified atom stereocenters. The maximum Gasteiger partial charge on any atom is 0.330 e. The summed E-state index contributed by atoms with van der Waals surface area (Å²) in [7, 11) is 0. The maximum atomic E-state index is 11.8. The molecule has 0 radical (unpaired) electrons. The largest absolute Gasteiger partial charge is 0.479 e. The minimum Gasteiger partial charge on any atom is -0.479 e. The van der Waals surface area contributed by atoms with Gasteiger partial charge in [0.25, 0.3) is 0 Å². The molecule has 5 nitrogen and oxygen atoms in total. The molecular weight excluding hydrogens is 256 g/mol. The molecule has 20 heavy (non-hydrogen) atoms. The predicted octanol–water partition coefficient (Wildman–Crippen LogP) is 1.71. The van der Waals surface area contributed by atoms with E-state index in [0.29, 0.717) is 12.1 Å². The van der Waals surface area contributed by atoms with Crippen molar-refractivity contribution in [3.8, 4) is 0 Å². The van der Waals surface area contributed by atoms with Crippen LogP contribution in [-0.2, 0) is 9.59 Å². The highest BCUT2D eigenvalue weighted by Crippen LogP contribution is 2.12. The highest BCUT2D eigenvalue weighted by atomic mass is 16.4. The van der Waals surface area contributed by atoms with Crippen molar-refractivity contribution in [2.24, 2.45) is 0 Å². The van der Waals surface area contributed by atoms with Crippen molar-refractivity contribution in [3.63, 3.8) is 0 Å². The zero-order valence-electron chi connectivity index (χ0n) is 12.1. The Balaban J connectivity index is 2.55. The lowest BCUT2D eigenvalue weighted by Crippen LogP contribution is -2.40. The molecular formula is C15H22N2O3. The molecule has 0 aliphatic heterocycles. The first-order valence-corrected chi connectivity index (χ1v) is 6.62. The van der Waals surface area contributed by atoms with Crippen LogP contribution in [0.4, 0.5) is 0 Å². The average Bonchev–Trinajstić information content (AvgIpc) is 2.35. The molecule has 1 atom stereocenters. The van der Waals surface area contributed by atoms with Gasteiger partial charge in [-0.1, -0.05) is 30.3 Å². The van der Waals surface area contributed by atoms with Crippen molar-refractivity contribution in [2.75, 3.05) is 6.54 Å². The minimum atomic E-state index is -1.06. The van der Waals surface area contributed by atoms with Crippen LogP contribution in [0.2, 0.25) is 0 Å². The molecule has 0 saturated carbocycles. The Morgan fingerprint density at radius 3 is 2.30 bits per heavy atom. The number of carbonyl (C=O) groups excluding carboxylic acids is 1. The smallest absolute Gasteiger partial charge is 0.330 e. The van der Waals surface area contributed by atoms with Gasteiger partial charge in [0.1, 0.15) is 0 Å². The average molecular weight is 278 g/mol. The number of carboxylic acids is 1.